The van der Waals surface area contributed by atoms with Crippen LogP contribution < -0.4 is 5.73 Å². The summed E-state index contributed by atoms with van der Waals surface area (Å²) in [6, 6.07) is 12.6. The maximum atomic E-state index is 13.4. The Bertz CT molecular complexity index is 1290. The van der Waals surface area contributed by atoms with Gasteiger partial charge in [-0.05, 0) is 43.5 Å². The molecule has 3 heterocycles. The van der Waals surface area contributed by atoms with Gasteiger partial charge in [0.25, 0.3) is 5.91 Å². The number of nitrogens with zero attached hydrogens (tertiary/aromatic N) is 4. The van der Waals surface area contributed by atoms with Gasteiger partial charge >= 0.3 is 0 Å². The summed E-state index contributed by atoms with van der Waals surface area (Å²) in [5.74, 6) is 0.932. The zero-order valence-electron chi connectivity index (χ0n) is 17.5. The van der Waals surface area contributed by atoms with Gasteiger partial charge in [-0.15, -0.1) is 0 Å². The van der Waals surface area contributed by atoms with Crippen molar-refractivity contribution in [2.24, 2.45) is 7.05 Å². The largest absolute Gasteiger partial charge is 0.383 e. The molecule has 2 aromatic heterocycles. The van der Waals surface area contributed by atoms with E-state index in [1.165, 1.54) is 11.1 Å². The molecule has 4 aromatic rings. The molecule has 0 saturated carbocycles. The molecule has 6 nitrogen and oxygen atoms in total. The topological polar surface area (TPSA) is 77.0 Å². The first-order chi connectivity index (χ1) is 14.4. The Hall–Kier alpha value is -3.41. The molecule has 0 radical (unpaired) electrons. The molecule has 0 bridgehead atoms. The molecule has 2 N–H and O–H groups in total. The van der Waals surface area contributed by atoms with E-state index in [1.807, 2.05) is 31.0 Å². The van der Waals surface area contributed by atoms with Crippen LogP contribution in [0.5, 0.6) is 0 Å². The van der Waals surface area contributed by atoms with Gasteiger partial charge in [0.15, 0.2) is 0 Å². The SMILES string of the molecule is Cc1ccc([C@H]2CCN(C(=O)c3cc4c(cc3C)nc(N)c3cnn(C)c34)C2)cc1. The average molecular weight is 399 g/mol. The third kappa shape index (κ3) is 2.91. The predicted octanol–water partition coefficient (Wildman–Crippen LogP) is 3.95. The fraction of sp³-hybridized carbons (Fsp3) is 0.292. The van der Waals surface area contributed by atoms with Gasteiger partial charge in [0, 0.05) is 37.0 Å². The molecule has 1 fully saturated rings. The van der Waals surface area contributed by atoms with E-state index in [0.717, 1.165) is 52.4 Å². The van der Waals surface area contributed by atoms with Crippen LogP contribution in [0.2, 0.25) is 0 Å². The molecule has 1 atom stereocenters. The fourth-order valence-electron chi connectivity index (χ4n) is 4.57. The summed E-state index contributed by atoms with van der Waals surface area (Å²) in [5, 5.41) is 6.05. The standard InChI is InChI=1S/C24H25N5O/c1-14-4-6-16(7-5-14)17-8-9-29(13-17)24(30)18-11-19-21(10-15(18)2)27-23(25)20-12-26-28(3)22(19)20/h4-7,10-12,17H,8-9,13H2,1-3H3,(H2,25,27)/t17-/m0/s1. The highest BCUT2D eigenvalue weighted by Gasteiger charge is 2.29. The van der Waals surface area contributed by atoms with Crippen molar-refractivity contribution in [1.29, 1.82) is 0 Å². The molecule has 0 unspecified atom stereocenters. The quantitative estimate of drug-likeness (QED) is 0.554. The smallest absolute Gasteiger partial charge is 0.254 e. The second-order valence-electron chi connectivity index (χ2n) is 8.36. The Morgan fingerprint density at radius 2 is 1.90 bits per heavy atom. The molecule has 6 heteroatoms. The number of nitrogen functional groups attached to an aromatic ring is 1. The Kier molecular flexibility index (Phi) is 4.24. The van der Waals surface area contributed by atoms with Crippen molar-refractivity contribution in [2.45, 2.75) is 26.2 Å². The van der Waals surface area contributed by atoms with E-state index in [9.17, 15) is 4.79 Å². The van der Waals surface area contributed by atoms with Crippen molar-refractivity contribution >= 4 is 33.5 Å². The number of rotatable bonds is 2. The fourth-order valence-corrected chi connectivity index (χ4v) is 4.57. The number of carbonyl (C=O) groups is 1. The van der Waals surface area contributed by atoms with E-state index < -0.39 is 0 Å². The first-order valence-corrected chi connectivity index (χ1v) is 10.3. The Morgan fingerprint density at radius 1 is 1.13 bits per heavy atom. The highest BCUT2D eigenvalue weighted by atomic mass is 16.2. The molecular weight excluding hydrogens is 374 g/mol. The second-order valence-corrected chi connectivity index (χ2v) is 8.36. The molecule has 1 aliphatic heterocycles. The molecule has 0 aliphatic carbocycles. The van der Waals surface area contributed by atoms with Crippen LogP contribution in [0.25, 0.3) is 21.8 Å². The maximum Gasteiger partial charge on any atom is 0.254 e. The molecule has 30 heavy (non-hydrogen) atoms. The van der Waals surface area contributed by atoms with Crippen LogP contribution >= 0.6 is 0 Å². The number of benzene rings is 2. The second kappa shape index (κ2) is 6.83. The number of amides is 1. The average Bonchev–Trinajstić information content (AvgIpc) is 3.36. The summed E-state index contributed by atoms with van der Waals surface area (Å²) in [6.45, 7) is 5.58. The Morgan fingerprint density at radius 3 is 2.67 bits per heavy atom. The van der Waals surface area contributed by atoms with Gasteiger partial charge in [-0.25, -0.2) is 4.98 Å². The number of hydrogen-bond donors (Lipinski definition) is 1. The molecule has 1 aliphatic rings. The first-order valence-electron chi connectivity index (χ1n) is 10.3. The highest BCUT2D eigenvalue weighted by Crippen LogP contribution is 2.32. The summed E-state index contributed by atoms with van der Waals surface area (Å²) in [4.78, 5) is 19.9. The van der Waals surface area contributed by atoms with Gasteiger partial charge in [0.2, 0.25) is 0 Å². The van der Waals surface area contributed by atoms with Crippen LogP contribution in [0.15, 0.2) is 42.6 Å². The summed E-state index contributed by atoms with van der Waals surface area (Å²) >= 11 is 0. The van der Waals surface area contributed by atoms with Crippen LogP contribution in [0.4, 0.5) is 5.82 Å². The van der Waals surface area contributed by atoms with E-state index in [2.05, 4.69) is 41.3 Å². The zero-order valence-corrected chi connectivity index (χ0v) is 17.5. The van der Waals surface area contributed by atoms with Crippen LogP contribution in [0, 0.1) is 13.8 Å². The summed E-state index contributed by atoms with van der Waals surface area (Å²) in [5.41, 5.74) is 12.0. The minimum Gasteiger partial charge on any atom is -0.383 e. The molecule has 0 spiro atoms. The van der Waals surface area contributed by atoms with Gasteiger partial charge in [-0.1, -0.05) is 29.8 Å². The first kappa shape index (κ1) is 18.6. The summed E-state index contributed by atoms with van der Waals surface area (Å²) < 4.78 is 1.79. The Labute approximate surface area is 175 Å². The van der Waals surface area contributed by atoms with Crippen LogP contribution in [0.1, 0.15) is 39.4 Å². The van der Waals surface area contributed by atoms with Crippen molar-refractivity contribution in [3.05, 3.63) is 64.8 Å². The molecular formula is C24H25N5O. The van der Waals surface area contributed by atoms with Crippen LogP contribution in [-0.4, -0.2) is 38.7 Å². The number of fused-ring (bicyclic) bond motifs is 3. The lowest BCUT2D eigenvalue weighted by atomic mass is 9.97. The zero-order chi connectivity index (χ0) is 21.0. The number of hydrogen-bond acceptors (Lipinski definition) is 4. The predicted molar refractivity (Wildman–Crippen MR) is 120 cm³/mol. The van der Waals surface area contributed by atoms with Crippen molar-refractivity contribution < 1.29 is 4.79 Å². The molecule has 152 valence electrons. The monoisotopic (exact) mass is 399 g/mol. The number of likely N-dealkylation sites (tertiary alicyclic amines) is 1. The van der Waals surface area contributed by atoms with Crippen molar-refractivity contribution in [3.8, 4) is 0 Å². The van der Waals surface area contributed by atoms with Gasteiger partial charge in [0.05, 0.1) is 22.6 Å². The molecule has 5 rings (SSSR count). The number of nitrogens with two attached hydrogens (primary N) is 1. The summed E-state index contributed by atoms with van der Waals surface area (Å²) in [7, 11) is 1.88. The molecule has 1 amide bonds. The van der Waals surface area contributed by atoms with E-state index in [-0.39, 0.29) is 5.91 Å². The van der Waals surface area contributed by atoms with Crippen molar-refractivity contribution in [3.63, 3.8) is 0 Å². The van der Waals surface area contributed by atoms with E-state index in [0.29, 0.717) is 11.7 Å². The third-order valence-corrected chi connectivity index (χ3v) is 6.31. The number of pyridine rings is 1. The Balaban J connectivity index is 1.51. The minimum atomic E-state index is 0.0798. The van der Waals surface area contributed by atoms with Crippen LogP contribution in [0.3, 0.4) is 0 Å². The van der Waals surface area contributed by atoms with E-state index in [1.54, 1.807) is 10.9 Å². The number of aryl methyl sites for hydroxylation is 3. The van der Waals surface area contributed by atoms with Gasteiger partial charge in [-0.3, -0.25) is 9.48 Å². The van der Waals surface area contributed by atoms with Gasteiger partial charge in [-0.2, -0.15) is 5.10 Å². The van der Waals surface area contributed by atoms with Gasteiger partial charge in [0.1, 0.15) is 5.82 Å². The number of carbonyl (C=O) groups excluding carboxylic acids is 1. The normalized spacial score (nSPS) is 16.6. The van der Waals surface area contributed by atoms with E-state index in [4.69, 9.17) is 5.73 Å². The third-order valence-electron chi connectivity index (χ3n) is 6.31. The van der Waals surface area contributed by atoms with Gasteiger partial charge < -0.3 is 10.6 Å². The minimum absolute atomic E-state index is 0.0798. The lowest BCUT2D eigenvalue weighted by molar-refractivity contribution is 0.0790. The summed E-state index contributed by atoms with van der Waals surface area (Å²) in [6.07, 6.45) is 2.72. The molecule has 2 aromatic carbocycles. The van der Waals surface area contributed by atoms with Crippen molar-refractivity contribution in [2.75, 3.05) is 18.8 Å². The number of anilines is 1. The molecule has 1 saturated heterocycles. The lowest BCUT2D eigenvalue weighted by Crippen LogP contribution is -2.29. The van der Waals surface area contributed by atoms with E-state index >= 15 is 0 Å². The maximum absolute atomic E-state index is 13.4. The van der Waals surface area contributed by atoms with Crippen LogP contribution in [-0.2, 0) is 7.05 Å². The number of aromatic nitrogens is 3. The highest BCUT2D eigenvalue weighted by molar-refractivity contribution is 6.10. The van der Waals surface area contributed by atoms with Crippen molar-refractivity contribution in [1.82, 2.24) is 19.7 Å². The lowest BCUT2D eigenvalue weighted by Gasteiger charge is -2.19.